The van der Waals surface area contributed by atoms with E-state index in [-0.39, 0.29) is 12.2 Å². The van der Waals surface area contributed by atoms with Crippen molar-refractivity contribution in [3.8, 4) is 5.75 Å². The largest absolute Gasteiger partial charge is 0.503 e. The minimum atomic E-state index is -2.53. The van der Waals surface area contributed by atoms with Gasteiger partial charge in [-0.25, -0.2) is 8.78 Å². The summed E-state index contributed by atoms with van der Waals surface area (Å²) in [5.41, 5.74) is 0.0504. The smallest absolute Gasteiger partial charge is 0.256 e. The lowest BCUT2D eigenvalue weighted by atomic mass is 10.2. The lowest BCUT2D eigenvalue weighted by molar-refractivity contribution is 0.124. The van der Waals surface area contributed by atoms with E-state index >= 15 is 0 Å². The van der Waals surface area contributed by atoms with Gasteiger partial charge in [0.15, 0.2) is 5.75 Å². The zero-order valence-corrected chi connectivity index (χ0v) is 9.13. The molecule has 0 spiro atoms. The molecule has 0 saturated carbocycles. The molecule has 90 valence electrons. The first-order valence-corrected chi connectivity index (χ1v) is 4.82. The topological polar surface area (TPSA) is 54.3 Å². The summed E-state index contributed by atoms with van der Waals surface area (Å²) in [5.74, 6) is -0.472. The van der Waals surface area contributed by atoms with Crippen LogP contribution in [0.25, 0.3) is 0 Å². The minimum Gasteiger partial charge on any atom is -0.503 e. The number of alkyl halides is 2. The van der Waals surface area contributed by atoms with Crippen LogP contribution in [0.1, 0.15) is 11.4 Å². The van der Waals surface area contributed by atoms with Gasteiger partial charge in [-0.05, 0) is 14.0 Å². The molecule has 1 aromatic rings. The van der Waals surface area contributed by atoms with Crippen molar-refractivity contribution in [2.24, 2.45) is 0 Å². The number of aromatic nitrogens is 1. The maximum atomic E-state index is 12.4. The second-order valence-electron chi connectivity index (χ2n) is 3.48. The van der Waals surface area contributed by atoms with Crippen LogP contribution in [-0.4, -0.2) is 23.1 Å². The SMILES string of the molecule is CNCc1c(O)c(=O)cc(C)n1CC(F)F. The Morgan fingerprint density at radius 2 is 2.19 bits per heavy atom. The van der Waals surface area contributed by atoms with Crippen molar-refractivity contribution in [2.45, 2.75) is 26.4 Å². The molecule has 4 nitrogen and oxygen atoms in total. The van der Waals surface area contributed by atoms with E-state index in [0.717, 1.165) is 6.07 Å². The van der Waals surface area contributed by atoms with Gasteiger partial charge in [0.25, 0.3) is 6.43 Å². The lowest BCUT2D eigenvalue weighted by Crippen LogP contribution is -2.22. The Morgan fingerprint density at radius 3 is 2.69 bits per heavy atom. The predicted molar refractivity (Wildman–Crippen MR) is 55.9 cm³/mol. The van der Waals surface area contributed by atoms with Gasteiger partial charge < -0.3 is 15.0 Å². The van der Waals surface area contributed by atoms with E-state index in [1.54, 1.807) is 14.0 Å². The summed E-state index contributed by atoms with van der Waals surface area (Å²) in [6.45, 7) is 1.19. The summed E-state index contributed by atoms with van der Waals surface area (Å²) in [4.78, 5) is 11.3. The molecule has 1 aromatic heterocycles. The molecule has 0 saturated heterocycles. The molecular formula is C10H14F2N2O2. The average molecular weight is 232 g/mol. The molecule has 0 aliphatic heterocycles. The lowest BCUT2D eigenvalue weighted by Gasteiger charge is -2.17. The van der Waals surface area contributed by atoms with Crippen molar-refractivity contribution in [1.29, 1.82) is 0 Å². The second-order valence-corrected chi connectivity index (χ2v) is 3.48. The monoisotopic (exact) mass is 232 g/mol. The summed E-state index contributed by atoms with van der Waals surface area (Å²) >= 11 is 0. The summed E-state index contributed by atoms with van der Waals surface area (Å²) in [6, 6.07) is 1.15. The van der Waals surface area contributed by atoms with Gasteiger partial charge in [-0.1, -0.05) is 0 Å². The van der Waals surface area contributed by atoms with Crippen molar-refractivity contribution in [3.05, 3.63) is 27.7 Å². The van der Waals surface area contributed by atoms with Gasteiger partial charge in [0.05, 0.1) is 12.2 Å². The van der Waals surface area contributed by atoms with E-state index in [4.69, 9.17) is 0 Å². The fourth-order valence-corrected chi connectivity index (χ4v) is 1.56. The number of hydrogen-bond donors (Lipinski definition) is 2. The third kappa shape index (κ3) is 2.57. The van der Waals surface area contributed by atoms with Crippen LogP contribution in [0.15, 0.2) is 10.9 Å². The Balaban J connectivity index is 3.32. The molecule has 2 N–H and O–H groups in total. The highest BCUT2D eigenvalue weighted by Gasteiger charge is 2.15. The second kappa shape index (κ2) is 5.07. The average Bonchev–Trinajstić information content (AvgIpc) is 2.19. The van der Waals surface area contributed by atoms with E-state index in [1.807, 2.05) is 0 Å². The Hall–Kier alpha value is -1.43. The maximum absolute atomic E-state index is 12.4. The van der Waals surface area contributed by atoms with Gasteiger partial charge in [0.1, 0.15) is 0 Å². The van der Waals surface area contributed by atoms with Crippen molar-refractivity contribution in [1.82, 2.24) is 9.88 Å². The summed E-state index contributed by atoms with van der Waals surface area (Å²) in [5, 5.41) is 12.3. The van der Waals surface area contributed by atoms with E-state index in [0.29, 0.717) is 5.69 Å². The molecule has 0 amide bonds. The van der Waals surface area contributed by atoms with Crippen LogP contribution in [0.5, 0.6) is 5.75 Å². The number of nitrogens with zero attached hydrogens (tertiary/aromatic N) is 1. The van der Waals surface area contributed by atoms with Gasteiger partial charge in [-0.2, -0.15) is 0 Å². The van der Waals surface area contributed by atoms with Crippen LogP contribution in [0.4, 0.5) is 8.78 Å². The molecule has 0 unspecified atom stereocenters. The van der Waals surface area contributed by atoms with Crippen molar-refractivity contribution < 1.29 is 13.9 Å². The van der Waals surface area contributed by atoms with Gasteiger partial charge >= 0.3 is 0 Å². The number of hydrogen-bond acceptors (Lipinski definition) is 3. The van der Waals surface area contributed by atoms with Crippen molar-refractivity contribution in [3.63, 3.8) is 0 Å². The van der Waals surface area contributed by atoms with Crippen LogP contribution in [0.2, 0.25) is 0 Å². The molecule has 0 aliphatic rings. The third-order valence-corrected chi connectivity index (χ3v) is 2.26. The highest BCUT2D eigenvalue weighted by Crippen LogP contribution is 2.15. The molecule has 0 radical (unpaired) electrons. The quantitative estimate of drug-likeness (QED) is 0.809. The molecule has 1 heterocycles. The van der Waals surface area contributed by atoms with Gasteiger partial charge in [-0.15, -0.1) is 0 Å². The number of pyridine rings is 1. The van der Waals surface area contributed by atoms with Crippen LogP contribution in [0.3, 0.4) is 0 Å². The fraction of sp³-hybridized carbons (Fsp3) is 0.500. The maximum Gasteiger partial charge on any atom is 0.256 e. The number of aryl methyl sites for hydroxylation is 1. The van der Waals surface area contributed by atoms with Gasteiger partial charge in [0, 0.05) is 18.3 Å². The highest BCUT2D eigenvalue weighted by molar-refractivity contribution is 5.29. The van der Waals surface area contributed by atoms with E-state index in [1.165, 1.54) is 4.57 Å². The number of rotatable bonds is 4. The molecule has 0 atom stereocenters. The standard InChI is InChI=1S/C10H14F2N2O2/c1-6-3-8(15)10(16)7(4-13-2)14(6)5-9(11)12/h3,9,13,16H,4-5H2,1-2H3. The molecule has 16 heavy (non-hydrogen) atoms. The van der Waals surface area contributed by atoms with Gasteiger partial charge in [0.2, 0.25) is 5.43 Å². The molecular weight excluding hydrogens is 218 g/mol. The number of nitrogens with one attached hydrogen (secondary N) is 1. The summed E-state index contributed by atoms with van der Waals surface area (Å²) < 4.78 is 26.0. The van der Waals surface area contributed by atoms with Gasteiger partial charge in [-0.3, -0.25) is 4.79 Å². The normalized spacial score (nSPS) is 11.1. The fourth-order valence-electron chi connectivity index (χ4n) is 1.56. The zero-order valence-electron chi connectivity index (χ0n) is 9.13. The predicted octanol–water partition coefficient (Wildman–Crippen LogP) is 0.847. The van der Waals surface area contributed by atoms with E-state index < -0.39 is 24.1 Å². The molecule has 1 rings (SSSR count). The van der Waals surface area contributed by atoms with Crippen LogP contribution < -0.4 is 10.7 Å². The van der Waals surface area contributed by atoms with Crippen LogP contribution in [0, 0.1) is 6.92 Å². The Morgan fingerprint density at radius 1 is 1.56 bits per heavy atom. The van der Waals surface area contributed by atoms with E-state index in [2.05, 4.69) is 5.32 Å². The first-order chi connectivity index (χ1) is 7.47. The minimum absolute atomic E-state index is 0.162. The number of halogens is 2. The molecule has 6 heteroatoms. The third-order valence-electron chi connectivity index (χ3n) is 2.26. The molecule has 0 fully saturated rings. The molecule has 0 aliphatic carbocycles. The number of aromatic hydroxyl groups is 1. The van der Waals surface area contributed by atoms with E-state index in [9.17, 15) is 18.7 Å². The Labute approximate surface area is 91.5 Å². The van der Waals surface area contributed by atoms with Crippen LogP contribution in [-0.2, 0) is 13.1 Å². The first-order valence-electron chi connectivity index (χ1n) is 4.82. The first kappa shape index (κ1) is 12.6. The van der Waals surface area contributed by atoms with Crippen molar-refractivity contribution in [2.75, 3.05) is 7.05 Å². The van der Waals surface area contributed by atoms with Crippen LogP contribution >= 0.6 is 0 Å². The zero-order chi connectivity index (χ0) is 12.3. The summed E-state index contributed by atoms with van der Waals surface area (Å²) in [6.07, 6.45) is -2.53. The molecule has 0 bridgehead atoms. The van der Waals surface area contributed by atoms with Crippen molar-refractivity contribution >= 4 is 0 Å². The summed E-state index contributed by atoms with van der Waals surface area (Å²) in [7, 11) is 1.61. The highest BCUT2D eigenvalue weighted by atomic mass is 19.3. The Bertz CT molecular complexity index is 430. The molecule has 0 aromatic carbocycles. The Kier molecular flexibility index (Phi) is 4.00.